The predicted octanol–water partition coefficient (Wildman–Crippen LogP) is 2.92. The van der Waals surface area contributed by atoms with E-state index in [1.54, 1.807) is 13.8 Å². The van der Waals surface area contributed by atoms with Gasteiger partial charge in [-0.25, -0.2) is 9.59 Å². The van der Waals surface area contributed by atoms with Gasteiger partial charge in [0.1, 0.15) is 14.4 Å². The van der Waals surface area contributed by atoms with E-state index in [0.29, 0.717) is 5.56 Å². The second-order valence-corrected chi connectivity index (χ2v) is 7.47. The maximum atomic E-state index is 12.3. The average Bonchev–Trinajstić information content (AvgIpc) is 3.19. The predicted molar refractivity (Wildman–Crippen MR) is 106 cm³/mol. The Bertz CT molecular complexity index is 969. The van der Waals surface area contributed by atoms with E-state index in [-0.39, 0.29) is 45.3 Å². The quantitative estimate of drug-likeness (QED) is 0.339. The summed E-state index contributed by atoms with van der Waals surface area (Å²) in [4.78, 5) is 46.9. The van der Waals surface area contributed by atoms with Crippen molar-refractivity contribution in [3.8, 4) is 0 Å². The molecule has 2 rings (SSSR count). The molecule has 29 heavy (non-hydrogen) atoms. The number of nitrogens with one attached hydrogen (secondary N) is 1. The number of carbonyl (C=O) groups is 3. The topological polar surface area (TPSA) is 143 Å². The summed E-state index contributed by atoms with van der Waals surface area (Å²) in [6, 6.07) is 0. The monoisotopic (exact) mass is 488 g/mol. The highest BCUT2D eigenvalue weighted by Crippen LogP contribution is 2.34. The van der Waals surface area contributed by atoms with Crippen molar-refractivity contribution in [1.29, 1.82) is 0 Å². The molecule has 0 fully saturated rings. The van der Waals surface area contributed by atoms with Crippen molar-refractivity contribution in [1.82, 2.24) is 9.78 Å². The van der Waals surface area contributed by atoms with Crippen LogP contribution in [0.5, 0.6) is 0 Å². The molecule has 11 nitrogen and oxygen atoms in total. The fourth-order valence-electron chi connectivity index (χ4n) is 2.37. The Labute approximate surface area is 177 Å². The fourth-order valence-corrected chi connectivity index (χ4v) is 3.94. The molecule has 156 valence electrons. The van der Waals surface area contributed by atoms with Crippen molar-refractivity contribution in [3.63, 3.8) is 0 Å². The van der Waals surface area contributed by atoms with Gasteiger partial charge in [0, 0.05) is 6.42 Å². The number of hydrogen-bond acceptors (Lipinski definition) is 9. The van der Waals surface area contributed by atoms with Crippen LogP contribution in [0.4, 0.5) is 10.8 Å². The van der Waals surface area contributed by atoms with E-state index < -0.39 is 22.8 Å². The van der Waals surface area contributed by atoms with Gasteiger partial charge in [-0.2, -0.15) is 4.68 Å². The number of halogens is 1. The lowest BCUT2D eigenvalue weighted by molar-refractivity contribution is -0.390. The van der Waals surface area contributed by atoms with Crippen LogP contribution in [0.15, 0.2) is 10.7 Å². The van der Waals surface area contributed by atoms with Crippen molar-refractivity contribution < 1.29 is 28.8 Å². The van der Waals surface area contributed by atoms with Crippen molar-refractivity contribution in [2.75, 3.05) is 19.0 Å². The Kier molecular flexibility index (Phi) is 7.45. The summed E-state index contributed by atoms with van der Waals surface area (Å²) in [5.74, 6) is -2.13. The molecule has 1 N–H and O–H groups in total. The molecule has 0 spiro atoms. The lowest BCUT2D eigenvalue weighted by Crippen LogP contribution is -2.16. The van der Waals surface area contributed by atoms with Gasteiger partial charge in [-0.1, -0.05) is 0 Å². The van der Waals surface area contributed by atoms with Gasteiger partial charge in [0.15, 0.2) is 0 Å². The molecule has 0 saturated heterocycles. The number of aromatic nitrogens is 2. The molecule has 0 aliphatic heterocycles. The van der Waals surface area contributed by atoms with E-state index in [9.17, 15) is 24.5 Å². The number of esters is 2. The smallest absolute Gasteiger partial charge is 0.404 e. The van der Waals surface area contributed by atoms with Crippen molar-refractivity contribution >= 4 is 55.9 Å². The number of nitrogens with zero attached hydrogens (tertiary/aromatic N) is 3. The van der Waals surface area contributed by atoms with Gasteiger partial charge >= 0.3 is 17.8 Å². The zero-order valence-corrected chi connectivity index (χ0v) is 18.1. The van der Waals surface area contributed by atoms with Gasteiger partial charge in [0.05, 0.1) is 37.1 Å². The number of methoxy groups -OCH3 is 1. The number of carbonyl (C=O) groups excluding carboxylic acids is 3. The number of rotatable bonds is 8. The van der Waals surface area contributed by atoms with Gasteiger partial charge in [0.25, 0.3) is 0 Å². The summed E-state index contributed by atoms with van der Waals surface area (Å²) in [6.45, 7) is 3.45. The van der Waals surface area contributed by atoms with Gasteiger partial charge < -0.3 is 24.9 Å². The number of aryl methyl sites for hydroxylation is 1. The minimum Gasteiger partial charge on any atom is -0.465 e. The fraction of sp³-hybridized carbons (Fsp3) is 0.375. The molecule has 0 aromatic carbocycles. The third kappa shape index (κ3) is 5.17. The highest BCUT2D eigenvalue weighted by atomic mass is 79.9. The van der Waals surface area contributed by atoms with Crippen molar-refractivity contribution in [2.24, 2.45) is 0 Å². The van der Waals surface area contributed by atoms with Crippen LogP contribution in [0.2, 0.25) is 0 Å². The van der Waals surface area contributed by atoms with Crippen LogP contribution in [-0.4, -0.2) is 46.3 Å². The highest BCUT2D eigenvalue weighted by molar-refractivity contribution is 9.10. The van der Waals surface area contributed by atoms with Crippen LogP contribution in [0.25, 0.3) is 0 Å². The Hall–Kier alpha value is -2.80. The first-order valence-electron chi connectivity index (χ1n) is 8.25. The largest absolute Gasteiger partial charge is 0.465 e. The summed E-state index contributed by atoms with van der Waals surface area (Å²) in [5, 5.41) is 17.3. The normalized spacial score (nSPS) is 10.5. The maximum absolute atomic E-state index is 12.3. The molecule has 2 heterocycles. The van der Waals surface area contributed by atoms with Gasteiger partial charge in [-0.15, -0.1) is 11.3 Å². The minimum absolute atomic E-state index is 0.0704. The van der Waals surface area contributed by atoms with Crippen molar-refractivity contribution in [3.05, 3.63) is 36.8 Å². The van der Waals surface area contributed by atoms with E-state index in [1.807, 2.05) is 0 Å². The number of hydrogen-bond donors (Lipinski definition) is 1. The molecule has 0 atom stereocenters. The third-order valence-electron chi connectivity index (χ3n) is 3.69. The SMILES string of the molecule is CCOC(=O)c1sc(NC(=O)CCn2cc(Br)c([N+](=O)[O-])n2)c(C(=O)OC)c1C. The molecular formula is C16H17BrN4O7S. The second-order valence-electron chi connectivity index (χ2n) is 5.59. The summed E-state index contributed by atoms with van der Waals surface area (Å²) < 4.78 is 11.2. The first kappa shape index (κ1) is 22.5. The molecule has 0 aliphatic carbocycles. The van der Waals surface area contributed by atoms with Crippen LogP contribution in [0.1, 0.15) is 38.9 Å². The first-order chi connectivity index (χ1) is 13.7. The third-order valence-corrected chi connectivity index (χ3v) is 5.44. The number of nitro groups is 1. The average molecular weight is 489 g/mol. The summed E-state index contributed by atoms with van der Waals surface area (Å²) >= 11 is 3.94. The molecule has 2 aromatic rings. The Morgan fingerprint density at radius 1 is 1.38 bits per heavy atom. The van der Waals surface area contributed by atoms with E-state index >= 15 is 0 Å². The van der Waals surface area contributed by atoms with Crippen LogP contribution in [-0.2, 0) is 20.8 Å². The molecule has 1 amide bonds. The number of anilines is 1. The Balaban J connectivity index is 2.17. The molecule has 0 unspecified atom stereocenters. The van der Waals surface area contributed by atoms with Crippen LogP contribution in [0.3, 0.4) is 0 Å². The molecule has 2 aromatic heterocycles. The van der Waals surface area contributed by atoms with E-state index in [2.05, 4.69) is 26.3 Å². The number of thiophene rings is 1. The second kappa shape index (κ2) is 9.60. The molecule has 0 saturated carbocycles. The van der Waals surface area contributed by atoms with Crippen LogP contribution >= 0.6 is 27.3 Å². The first-order valence-corrected chi connectivity index (χ1v) is 9.86. The molecule has 0 bridgehead atoms. The Morgan fingerprint density at radius 2 is 2.07 bits per heavy atom. The lowest BCUT2D eigenvalue weighted by atomic mass is 10.1. The van der Waals surface area contributed by atoms with E-state index in [4.69, 9.17) is 9.47 Å². The minimum atomic E-state index is -0.698. The summed E-state index contributed by atoms with van der Waals surface area (Å²) in [5.41, 5.74) is 0.425. The Morgan fingerprint density at radius 3 is 2.62 bits per heavy atom. The lowest BCUT2D eigenvalue weighted by Gasteiger charge is -2.05. The summed E-state index contributed by atoms with van der Waals surface area (Å²) in [6.07, 6.45) is 1.32. The van der Waals surface area contributed by atoms with E-state index in [1.165, 1.54) is 18.0 Å². The highest BCUT2D eigenvalue weighted by Gasteiger charge is 2.27. The van der Waals surface area contributed by atoms with Gasteiger partial charge in [-0.05, 0) is 40.3 Å². The van der Waals surface area contributed by atoms with Crippen LogP contribution < -0.4 is 5.32 Å². The molecule has 0 radical (unpaired) electrons. The standard InChI is InChI=1S/C16H17BrN4O7S/c1-4-28-16(24)12-8(2)11(15(23)27-3)14(29-12)18-10(22)5-6-20-7-9(17)13(19-20)21(25)26/h7H,4-6H2,1-3H3,(H,18,22). The molecule has 13 heteroatoms. The number of amides is 1. The molecule has 0 aliphatic rings. The molecular weight excluding hydrogens is 472 g/mol. The van der Waals surface area contributed by atoms with Crippen molar-refractivity contribution in [2.45, 2.75) is 26.8 Å². The zero-order chi connectivity index (χ0) is 21.7. The zero-order valence-electron chi connectivity index (χ0n) is 15.7. The van der Waals surface area contributed by atoms with Crippen LogP contribution in [0, 0.1) is 17.0 Å². The van der Waals surface area contributed by atoms with Gasteiger partial charge in [-0.3, -0.25) is 4.79 Å². The van der Waals surface area contributed by atoms with E-state index in [0.717, 1.165) is 11.3 Å². The summed E-state index contributed by atoms with van der Waals surface area (Å²) in [7, 11) is 1.19. The number of ether oxygens (including phenoxy) is 2. The van der Waals surface area contributed by atoms with Gasteiger partial charge in [0.2, 0.25) is 5.91 Å². The maximum Gasteiger partial charge on any atom is 0.404 e.